The van der Waals surface area contributed by atoms with Gasteiger partial charge in [-0.3, -0.25) is 0 Å². The minimum atomic E-state index is -0.398. The number of hydrogen-bond acceptors (Lipinski definition) is 1. The van der Waals surface area contributed by atoms with Gasteiger partial charge in [-0.05, 0) is 24.1 Å². The Balaban J connectivity index is 2.55. The largest absolute Gasteiger partial charge is 0.389 e. The van der Waals surface area contributed by atoms with Gasteiger partial charge in [-0.2, -0.15) is 0 Å². The molecule has 0 spiro atoms. The molecule has 0 aromatic heterocycles. The third-order valence-corrected chi connectivity index (χ3v) is 1.97. The van der Waals surface area contributed by atoms with Gasteiger partial charge in [0.15, 0.2) is 0 Å². The Labute approximate surface area is 83.9 Å². The zero-order valence-electron chi connectivity index (χ0n) is 8.28. The van der Waals surface area contributed by atoms with Crippen LogP contribution in [-0.2, 0) is 0 Å². The van der Waals surface area contributed by atoms with E-state index in [2.05, 4.69) is 0 Å². The second-order valence-corrected chi connectivity index (χ2v) is 3.27. The number of aliphatic hydroxyl groups is 1. The van der Waals surface area contributed by atoms with E-state index in [-0.39, 0.29) is 5.82 Å². The minimum absolute atomic E-state index is 0.240. The van der Waals surface area contributed by atoms with Crippen LogP contribution in [0.1, 0.15) is 25.3 Å². The normalized spacial score (nSPS) is 13.4. The van der Waals surface area contributed by atoms with Crippen molar-refractivity contribution in [3.63, 3.8) is 0 Å². The summed E-state index contributed by atoms with van der Waals surface area (Å²) in [5, 5.41) is 9.40. The summed E-state index contributed by atoms with van der Waals surface area (Å²) >= 11 is 0. The van der Waals surface area contributed by atoms with Crippen molar-refractivity contribution >= 4 is 6.08 Å². The van der Waals surface area contributed by atoms with Crippen LogP contribution in [0.25, 0.3) is 6.08 Å². The summed E-state index contributed by atoms with van der Waals surface area (Å²) in [6, 6.07) is 6.19. The van der Waals surface area contributed by atoms with Gasteiger partial charge in [-0.1, -0.05) is 37.6 Å². The second-order valence-electron chi connectivity index (χ2n) is 3.27. The highest BCUT2D eigenvalue weighted by Gasteiger charge is 1.95. The first-order valence-corrected chi connectivity index (χ1v) is 4.84. The number of halogens is 1. The topological polar surface area (TPSA) is 20.2 Å². The fraction of sp³-hybridized carbons (Fsp3) is 0.333. The van der Waals surface area contributed by atoms with Crippen molar-refractivity contribution in [1.29, 1.82) is 0 Å². The van der Waals surface area contributed by atoms with Gasteiger partial charge in [-0.15, -0.1) is 0 Å². The number of hydrogen-bond donors (Lipinski definition) is 1. The van der Waals surface area contributed by atoms with E-state index < -0.39 is 6.10 Å². The SMILES string of the molecule is CCC[C@H](O)/C=C/c1ccc(F)cc1. The summed E-state index contributed by atoms with van der Waals surface area (Å²) in [5.74, 6) is -0.240. The Morgan fingerprint density at radius 1 is 1.36 bits per heavy atom. The summed E-state index contributed by atoms with van der Waals surface area (Å²) in [6.07, 6.45) is 4.86. The molecule has 1 aromatic carbocycles. The molecule has 1 N–H and O–H groups in total. The highest BCUT2D eigenvalue weighted by molar-refractivity contribution is 5.49. The fourth-order valence-corrected chi connectivity index (χ4v) is 1.19. The van der Waals surface area contributed by atoms with Gasteiger partial charge >= 0.3 is 0 Å². The van der Waals surface area contributed by atoms with Gasteiger partial charge in [0.2, 0.25) is 0 Å². The van der Waals surface area contributed by atoms with Crippen molar-refractivity contribution in [1.82, 2.24) is 0 Å². The Morgan fingerprint density at radius 3 is 2.57 bits per heavy atom. The Kier molecular flexibility index (Phi) is 4.33. The summed E-state index contributed by atoms with van der Waals surface area (Å²) in [4.78, 5) is 0. The Bertz CT molecular complexity index is 290. The zero-order chi connectivity index (χ0) is 10.4. The summed E-state index contributed by atoms with van der Waals surface area (Å²) in [6.45, 7) is 2.02. The lowest BCUT2D eigenvalue weighted by Crippen LogP contribution is -1.99. The molecule has 0 saturated carbocycles. The number of rotatable bonds is 4. The molecule has 0 unspecified atom stereocenters. The standard InChI is InChI=1S/C12H15FO/c1-2-3-12(14)9-6-10-4-7-11(13)8-5-10/h4-9,12,14H,2-3H2,1H3/b9-6+/t12-/m0/s1. The van der Waals surface area contributed by atoms with Crippen LogP contribution in [0.3, 0.4) is 0 Å². The van der Waals surface area contributed by atoms with Crippen LogP contribution in [-0.4, -0.2) is 11.2 Å². The monoisotopic (exact) mass is 194 g/mol. The molecule has 0 heterocycles. The minimum Gasteiger partial charge on any atom is -0.389 e. The molecule has 1 aromatic rings. The van der Waals surface area contributed by atoms with Crippen molar-refractivity contribution in [3.05, 3.63) is 41.7 Å². The molecule has 1 atom stereocenters. The van der Waals surface area contributed by atoms with Gasteiger partial charge < -0.3 is 5.11 Å². The predicted molar refractivity (Wildman–Crippen MR) is 56.3 cm³/mol. The van der Waals surface area contributed by atoms with Crippen molar-refractivity contribution in [3.8, 4) is 0 Å². The van der Waals surface area contributed by atoms with E-state index in [0.29, 0.717) is 0 Å². The third-order valence-electron chi connectivity index (χ3n) is 1.97. The molecule has 0 amide bonds. The molecule has 0 fully saturated rings. The molecule has 14 heavy (non-hydrogen) atoms. The van der Waals surface area contributed by atoms with Crippen molar-refractivity contribution in [2.75, 3.05) is 0 Å². The fourth-order valence-electron chi connectivity index (χ4n) is 1.19. The van der Waals surface area contributed by atoms with E-state index in [4.69, 9.17) is 0 Å². The summed E-state index contributed by atoms with van der Waals surface area (Å²) in [7, 11) is 0. The maximum absolute atomic E-state index is 12.5. The van der Waals surface area contributed by atoms with Crippen LogP contribution in [0.4, 0.5) is 4.39 Å². The van der Waals surface area contributed by atoms with Crippen molar-refractivity contribution < 1.29 is 9.50 Å². The molecule has 0 aliphatic rings. The second kappa shape index (κ2) is 5.55. The van der Waals surface area contributed by atoms with Crippen LogP contribution in [0.15, 0.2) is 30.3 Å². The van der Waals surface area contributed by atoms with E-state index >= 15 is 0 Å². The first-order valence-electron chi connectivity index (χ1n) is 4.84. The van der Waals surface area contributed by atoms with E-state index in [0.717, 1.165) is 18.4 Å². The van der Waals surface area contributed by atoms with Crippen LogP contribution < -0.4 is 0 Å². The van der Waals surface area contributed by atoms with Gasteiger partial charge in [0.05, 0.1) is 6.10 Å². The lowest BCUT2D eigenvalue weighted by atomic mass is 10.1. The molecular formula is C12H15FO. The summed E-state index contributed by atoms with van der Waals surface area (Å²) < 4.78 is 12.5. The maximum Gasteiger partial charge on any atom is 0.123 e. The Hall–Kier alpha value is -1.15. The molecular weight excluding hydrogens is 179 g/mol. The molecule has 2 heteroatoms. The zero-order valence-corrected chi connectivity index (χ0v) is 8.28. The predicted octanol–water partition coefficient (Wildman–Crippen LogP) is 3.00. The highest BCUT2D eigenvalue weighted by atomic mass is 19.1. The molecule has 0 saturated heterocycles. The van der Waals surface area contributed by atoms with Gasteiger partial charge in [0, 0.05) is 0 Å². The smallest absolute Gasteiger partial charge is 0.123 e. The van der Waals surface area contributed by atoms with Crippen molar-refractivity contribution in [2.24, 2.45) is 0 Å². The molecule has 0 bridgehead atoms. The van der Waals surface area contributed by atoms with Crippen LogP contribution in [0, 0.1) is 5.82 Å². The van der Waals surface area contributed by atoms with Crippen LogP contribution in [0.5, 0.6) is 0 Å². The van der Waals surface area contributed by atoms with E-state index in [1.165, 1.54) is 12.1 Å². The highest BCUT2D eigenvalue weighted by Crippen LogP contribution is 2.06. The maximum atomic E-state index is 12.5. The van der Waals surface area contributed by atoms with Crippen LogP contribution >= 0.6 is 0 Å². The van der Waals surface area contributed by atoms with Gasteiger partial charge in [-0.25, -0.2) is 4.39 Å². The first-order chi connectivity index (χ1) is 6.72. The Morgan fingerprint density at radius 2 is 2.00 bits per heavy atom. The lowest BCUT2D eigenvalue weighted by Gasteiger charge is -2.01. The lowest BCUT2D eigenvalue weighted by molar-refractivity contribution is 0.212. The number of benzene rings is 1. The van der Waals surface area contributed by atoms with E-state index in [9.17, 15) is 9.50 Å². The molecule has 0 aliphatic carbocycles. The third kappa shape index (κ3) is 3.71. The number of aliphatic hydroxyl groups excluding tert-OH is 1. The average Bonchev–Trinajstić information content (AvgIpc) is 2.17. The van der Waals surface area contributed by atoms with E-state index in [1.54, 1.807) is 24.3 Å². The van der Waals surface area contributed by atoms with Crippen molar-refractivity contribution in [2.45, 2.75) is 25.9 Å². The summed E-state index contributed by atoms with van der Waals surface area (Å²) in [5.41, 5.74) is 0.904. The average molecular weight is 194 g/mol. The quantitative estimate of drug-likeness (QED) is 0.781. The van der Waals surface area contributed by atoms with Gasteiger partial charge in [0.25, 0.3) is 0 Å². The van der Waals surface area contributed by atoms with E-state index in [1.807, 2.05) is 6.92 Å². The van der Waals surface area contributed by atoms with Crippen LogP contribution in [0.2, 0.25) is 0 Å². The molecule has 0 radical (unpaired) electrons. The molecule has 0 aliphatic heterocycles. The molecule has 1 nitrogen and oxygen atoms in total. The van der Waals surface area contributed by atoms with Gasteiger partial charge in [0.1, 0.15) is 5.82 Å². The molecule has 1 rings (SSSR count). The first kappa shape index (κ1) is 10.9. The molecule has 76 valence electrons.